The van der Waals surface area contributed by atoms with Crippen LogP contribution in [0.25, 0.3) is 0 Å². The molecule has 0 aliphatic heterocycles. The van der Waals surface area contributed by atoms with Crippen LogP contribution in [0.4, 0.5) is 11.4 Å². The van der Waals surface area contributed by atoms with Crippen LogP contribution >= 0.6 is 23.4 Å². The summed E-state index contributed by atoms with van der Waals surface area (Å²) in [5.74, 6) is -1.59. The second-order valence-electron chi connectivity index (χ2n) is 6.20. The van der Waals surface area contributed by atoms with Crippen molar-refractivity contribution in [1.29, 1.82) is 0 Å². The third-order valence-corrected chi connectivity index (χ3v) is 5.45. The number of halogens is 1. The molecule has 1 unspecified atom stereocenters. The van der Waals surface area contributed by atoms with E-state index in [1.54, 1.807) is 49.4 Å². The van der Waals surface area contributed by atoms with Gasteiger partial charge in [-0.2, -0.15) is 0 Å². The smallest absolute Gasteiger partial charge is 0.337 e. The summed E-state index contributed by atoms with van der Waals surface area (Å²) in [6.07, 6.45) is 1.42. The van der Waals surface area contributed by atoms with Crippen LogP contribution in [0.5, 0.6) is 0 Å². The van der Waals surface area contributed by atoms with Crippen LogP contribution in [-0.4, -0.2) is 28.1 Å². The van der Waals surface area contributed by atoms with Crippen molar-refractivity contribution in [2.45, 2.75) is 17.1 Å². The minimum absolute atomic E-state index is 0.0815. The quantitative estimate of drug-likeness (QED) is 0.442. The monoisotopic (exact) mass is 444 g/mol. The van der Waals surface area contributed by atoms with Crippen molar-refractivity contribution in [2.24, 2.45) is 0 Å². The second-order valence-corrected chi connectivity index (χ2v) is 8.03. The maximum Gasteiger partial charge on any atom is 0.337 e. The van der Waals surface area contributed by atoms with Crippen LogP contribution in [0.3, 0.4) is 0 Å². The molecule has 0 spiro atoms. The van der Waals surface area contributed by atoms with E-state index >= 15 is 0 Å². The largest absolute Gasteiger partial charge is 0.478 e. The predicted octanol–water partition coefficient (Wildman–Crippen LogP) is 5.00. The first-order chi connectivity index (χ1) is 14.3. The molecule has 0 saturated heterocycles. The highest BCUT2D eigenvalue weighted by Gasteiger charge is 2.17. The number of hydrogen-bond donors (Lipinski definition) is 3. The van der Waals surface area contributed by atoms with Gasteiger partial charge in [0, 0.05) is 16.3 Å². The van der Waals surface area contributed by atoms with Gasteiger partial charge in [-0.15, -0.1) is 11.8 Å². The lowest BCUT2D eigenvalue weighted by Crippen LogP contribution is -2.22. The summed E-state index contributed by atoms with van der Waals surface area (Å²) in [6, 6.07) is 14.5. The van der Waals surface area contributed by atoms with E-state index in [2.05, 4.69) is 10.6 Å². The molecule has 9 heteroatoms. The number of carbonyl (C=O) groups excluding carboxylic acids is 2. The van der Waals surface area contributed by atoms with E-state index in [0.29, 0.717) is 11.4 Å². The van der Waals surface area contributed by atoms with Crippen molar-refractivity contribution in [3.63, 3.8) is 0 Å². The van der Waals surface area contributed by atoms with Crippen LogP contribution in [0.1, 0.15) is 27.8 Å². The lowest BCUT2D eigenvalue weighted by molar-refractivity contribution is -0.115. The van der Waals surface area contributed by atoms with E-state index in [4.69, 9.17) is 21.1 Å². The van der Waals surface area contributed by atoms with Crippen molar-refractivity contribution in [2.75, 3.05) is 10.6 Å². The molecule has 154 valence electrons. The van der Waals surface area contributed by atoms with Gasteiger partial charge in [0.15, 0.2) is 5.76 Å². The molecule has 30 heavy (non-hydrogen) atoms. The molecule has 0 radical (unpaired) electrons. The summed E-state index contributed by atoms with van der Waals surface area (Å²) in [6.45, 7) is 1.74. The minimum atomic E-state index is -1.17. The molecule has 0 saturated carbocycles. The van der Waals surface area contributed by atoms with Crippen molar-refractivity contribution < 1.29 is 23.9 Å². The average Bonchev–Trinajstić information content (AvgIpc) is 3.25. The number of aromatic carboxylic acids is 1. The molecule has 0 aliphatic rings. The summed E-state index contributed by atoms with van der Waals surface area (Å²) >= 11 is 7.17. The molecule has 3 rings (SSSR count). The fraction of sp³-hybridized carbons (Fsp3) is 0.0952. The Kier molecular flexibility index (Phi) is 6.81. The maximum atomic E-state index is 12.4. The van der Waals surface area contributed by atoms with Crippen LogP contribution in [-0.2, 0) is 4.79 Å². The fourth-order valence-corrected chi connectivity index (χ4v) is 3.55. The van der Waals surface area contributed by atoms with E-state index in [1.165, 1.54) is 30.2 Å². The van der Waals surface area contributed by atoms with E-state index in [0.717, 1.165) is 4.90 Å². The van der Waals surface area contributed by atoms with Crippen molar-refractivity contribution >= 4 is 52.5 Å². The van der Waals surface area contributed by atoms with Crippen LogP contribution in [0, 0.1) is 0 Å². The zero-order valence-electron chi connectivity index (χ0n) is 15.7. The van der Waals surface area contributed by atoms with Crippen molar-refractivity contribution in [1.82, 2.24) is 0 Å². The molecule has 2 aromatic carbocycles. The van der Waals surface area contributed by atoms with E-state index in [9.17, 15) is 14.4 Å². The number of thioether (sulfide) groups is 1. The topological polar surface area (TPSA) is 109 Å². The SMILES string of the molecule is CC(Sc1ccc(NC(=O)c2ccco2)cc1)C(=O)Nc1ccc(Cl)c(C(=O)O)c1. The Hall–Kier alpha value is -3.23. The molecule has 0 aliphatic carbocycles. The van der Waals surface area contributed by atoms with Crippen LogP contribution < -0.4 is 10.6 Å². The third-order valence-electron chi connectivity index (χ3n) is 4.00. The van der Waals surface area contributed by atoms with Gasteiger partial charge in [-0.3, -0.25) is 9.59 Å². The standard InChI is InChI=1S/C21H17ClN2O5S/c1-12(19(25)24-14-6-9-17(22)16(11-14)21(27)28)30-15-7-4-13(5-8-15)23-20(26)18-3-2-10-29-18/h2-12H,1H3,(H,23,26)(H,24,25)(H,27,28). The van der Waals surface area contributed by atoms with Gasteiger partial charge in [-0.25, -0.2) is 4.79 Å². The molecule has 0 fully saturated rings. The Bertz CT molecular complexity index is 1070. The van der Waals surface area contributed by atoms with E-state index in [-0.39, 0.29) is 28.2 Å². The van der Waals surface area contributed by atoms with Crippen LogP contribution in [0.2, 0.25) is 5.02 Å². The van der Waals surface area contributed by atoms with E-state index in [1.807, 2.05) is 0 Å². The maximum absolute atomic E-state index is 12.4. The Balaban J connectivity index is 1.58. The summed E-state index contributed by atoms with van der Waals surface area (Å²) in [4.78, 5) is 36.4. The first-order valence-electron chi connectivity index (χ1n) is 8.79. The molecule has 0 bridgehead atoms. The number of amides is 2. The summed E-state index contributed by atoms with van der Waals surface area (Å²) in [5.41, 5.74) is 0.868. The first kappa shape index (κ1) is 21.5. The van der Waals surface area contributed by atoms with Gasteiger partial charge in [-0.05, 0) is 61.5 Å². The molecule has 3 aromatic rings. The lowest BCUT2D eigenvalue weighted by Gasteiger charge is -2.13. The van der Waals surface area contributed by atoms with Gasteiger partial charge in [-0.1, -0.05) is 11.6 Å². The van der Waals surface area contributed by atoms with Crippen LogP contribution in [0.15, 0.2) is 70.2 Å². The van der Waals surface area contributed by atoms with Crippen molar-refractivity contribution in [3.05, 3.63) is 77.2 Å². The highest BCUT2D eigenvalue weighted by molar-refractivity contribution is 8.00. The number of benzene rings is 2. The second kappa shape index (κ2) is 9.51. The zero-order valence-corrected chi connectivity index (χ0v) is 17.3. The average molecular weight is 445 g/mol. The molecule has 7 nitrogen and oxygen atoms in total. The molecule has 1 aromatic heterocycles. The highest BCUT2D eigenvalue weighted by Crippen LogP contribution is 2.27. The van der Waals surface area contributed by atoms with Gasteiger partial charge in [0.25, 0.3) is 5.91 Å². The molecule has 3 N–H and O–H groups in total. The van der Waals surface area contributed by atoms with Gasteiger partial charge >= 0.3 is 5.97 Å². The zero-order chi connectivity index (χ0) is 21.7. The number of nitrogens with one attached hydrogen (secondary N) is 2. The number of carboxylic acid groups (broad SMARTS) is 1. The number of rotatable bonds is 7. The summed E-state index contributed by atoms with van der Waals surface area (Å²) in [5, 5.41) is 14.2. The number of carbonyl (C=O) groups is 3. The Morgan fingerprint density at radius 1 is 1.03 bits per heavy atom. The molecule has 1 atom stereocenters. The van der Waals surface area contributed by atoms with Gasteiger partial charge in [0.1, 0.15) is 0 Å². The molecule has 1 heterocycles. The van der Waals surface area contributed by atoms with Gasteiger partial charge in [0.2, 0.25) is 5.91 Å². The predicted molar refractivity (Wildman–Crippen MR) is 115 cm³/mol. The Morgan fingerprint density at radius 2 is 1.73 bits per heavy atom. The van der Waals surface area contributed by atoms with Gasteiger partial charge in [0.05, 0.1) is 22.1 Å². The fourth-order valence-electron chi connectivity index (χ4n) is 2.49. The molecular formula is C21H17ClN2O5S. The number of hydrogen-bond acceptors (Lipinski definition) is 5. The Morgan fingerprint density at radius 3 is 2.37 bits per heavy atom. The Labute approximate surface area is 181 Å². The number of carboxylic acids is 1. The van der Waals surface area contributed by atoms with Gasteiger partial charge < -0.3 is 20.2 Å². The summed E-state index contributed by atoms with van der Waals surface area (Å²) < 4.78 is 5.05. The summed E-state index contributed by atoms with van der Waals surface area (Å²) in [7, 11) is 0. The van der Waals surface area contributed by atoms with Crippen molar-refractivity contribution in [3.8, 4) is 0 Å². The normalized spacial score (nSPS) is 11.5. The molecule has 2 amide bonds. The number of furan rings is 1. The molecular weight excluding hydrogens is 428 g/mol. The minimum Gasteiger partial charge on any atom is -0.478 e. The highest BCUT2D eigenvalue weighted by atomic mass is 35.5. The van der Waals surface area contributed by atoms with E-state index < -0.39 is 11.2 Å². The first-order valence-corrected chi connectivity index (χ1v) is 10.0. The lowest BCUT2D eigenvalue weighted by atomic mass is 10.2. The number of anilines is 2. The third kappa shape index (κ3) is 5.43.